The Labute approximate surface area is 155 Å². The van der Waals surface area contributed by atoms with Crippen LogP contribution in [0.25, 0.3) is 11.3 Å². The summed E-state index contributed by atoms with van der Waals surface area (Å²) in [5.74, 6) is -1.04. The molecule has 0 radical (unpaired) electrons. The van der Waals surface area contributed by atoms with Gasteiger partial charge in [-0.15, -0.1) is 0 Å². The highest BCUT2D eigenvalue weighted by Gasteiger charge is 2.19. The first-order valence-corrected chi connectivity index (χ1v) is 8.21. The van der Waals surface area contributed by atoms with Crippen LogP contribution in [0.3, 0.4) is 0 Å². The van der Waals surface area contributed by atoms with Crippen LogP contribution in [0.4, 0.5) is 10.1 Å². The van der Waals surface area contributed by atoms with E-state index in [1.165, 1.54) is 19.4 Å². The van der Waals surface area contributed by atoms with Crippen LogP contribution in [0.5, 0.6) is 0 Å². The zero-order valence-electron chi connectivity index (χ0n) is 14.7. The van der Waals surface area contributed by atoms with Crippen molar-refractivity contribution >= 4 is 17.6 Å². The maximum Gasteiger partial charge on any atom is 0.338 e. The molecule has 0 spiro atoms. The molecule has 2 aromatic carbocycles. The van der Waals surface area contributed by atoms with Gasteiger partial charge in [0.15, 0.2) is 18.3 Å². The quantitative estimate of drug-likeness (QED) is 0.689. The Hall–Kier alpha value is -3.48. The molecular formula is C20H17FN2O4. The Bertz CT molecular complexity index is 953. The number of nitrogens with one attached hydrogen (secondary N) is 1. The van der Waals surface area contributed by atoms with Crippen LogP contribution in [-0.4, -0.2) is 23.0 Å². The number of aryl methyl sites for hydroxylation is 1. The molecule has 1 unspecified atom stereocenters. The summed E-state index contributed by atoms with van der Waals surface area (Å²) >= 11 is 0. The second-order valence-corrected chi connectivity index (χ2v) is 5.94. The van der Waals surface area contributed by atoms with Gasteiger partial charge in [0.05, 0.1) is 11.8 Å². The van der Waals surface area contributed by atoms with E-state index < -0.39 is 23.8 Å². The Balaban J connectivity index is 1.61. The van der Waals surface area contributed by atoms with Gasteiger partial charge < -0.3 is 14.5 Å². The summed E-state index contributed by atoms with van der Waals surface area (Å²) in [4.78, 5) is 28.2. The van der Waals surface area contributed by atoms with Crippen molar-refractivity contribution in [2.45, 2.75) is 20.0 Å². The van der Waals surface area contributed by atoms with E-state index in [1.54, 1.807) is 49.5 Å². The van der Waals surface area contributed by atoms with E-state index in [-0.39, 0.29) is 0 Å². The van der Waals surface area contributed by atoms with Crippen molar-refractivity contribution in [3.63, 3.8) is 0 Å². The number of nitrogens with zero attached hydrogens (tertiary/aromatic N) is 1. The predicted molar refractivity (Wildman–Crippen MR) is 96.6 cm³/mol. The molecule has 0 fully saturated rings. The van der Waals surface area contributed by atoms with E-state index in [9.17, 15) is 14.0 Å². The van der Waals surface area contributed by atoms with Crippen LogP contribution in [0.2, 0.25) is 0 Å². The first-order valence-electron chi connectivity index (χ1n) is 8.21. The molecule has 0 aliphatic rings. The van der Waals surface area contributed by atoms with Crippen molar-refractivity contribution in [3.8, 4) is 11.3 Å². The number of oxazole rings is 1. The standard InChI is InChI=1S/C20H17FN2O4/c1-12-3-8-16(9-17(12)21)23-19(24)13(2)27-20(25)15-6-4-14(5-7-15)18-10-22-11-26-18/h3-11,13H,1-2H3,(H,23,24). The van der Waals surface area contributed by atoms with Gasteiger partial charge in [0.1, 0.15) is 5.82 Å². The van der Waals surface area contributed by atoms with Gasteiger partial charge in [0.2, 0.25) is 0 Å². The van der Waals surface area contributed by atoms with Crippen molar-refractivity contribution in [1.82, 2.24) is 4.98 Å². The lowest BCUT2D eigenvalue weighted by Crippen LogP contribution is -2.30. The molecule has 1 aromatic heterocycles. The largest absolute Gasteiger partial charge is 0.449 e. The zero-order chi connectivity index (χ0) is 19.4. The number of aromatic nitrogens is 1. The van der Waals surface area contributed by atoms with E-state index in [4.69, 9.17) is 9.15 Å². The third-order valence-corrected chi connectivity index (χ3v) is 3.93. The van der Waals surface area contributed by atoms with Crippen molar-refractivity contribution in [2.24, 2.45) is 0 Å². The zero-order valence-corrected chi connectivity index (χ0v) is 14.7. The van der Waals surface area contributed by atoms with Gasteiger partial charge in [-0.3, -0.25) is 4.79 Å². The lowest BCUT2D eigenvalue weighted by atomic mass is 10.1. The minimum Gasteiger partial charge on any atom is -0.449 e. The predicted octanol–water partition coefficient (Wildman–Crippen LogP) is 3.97. The Morgan fingerprint density at radius 2 is 1.93 bits per heavy atom. The van der Waals surface area contributed by atoms with Crippen molar-refractivity contribution in [1.29, 1.82) is 0 Å². The molecule has 0 aliphatic heterocycles. The lowest BCUT2D eigenvalue weighted by Gasteiger charge is -2.14. The molecule has 0 saturated heterocycles. The summed E-state index contributed by atoms with van der Waals surface area (Å²) in [6, 6.07) is 10.9. The molecule has 3 rings (SSSR count). The fraction of sp³-hybridized carbons (Fsp3) is 0.150. The third-order valence-electron chi connectivity index (χ3n) is 3.93. The Morgan fingerprint density at radius 1 is 1.19 bits per heavy atom. The molecule has 1 amide bonds. The van der Waals surface area contributed by atoms with Gasteiger partial charge in [-0.2, -0.15) is 0 Å². The molecule has 3 aromatic rings. The number of rotatable bonds is 5. The minimum absolute atomic E-state index is 0.291. The lowest BCUT2D eigenvalue weighted by molar-refractivity contribution is -0.123. The van der Waals surface area contributed by atoms with Crippen molar-refractivity contribution in [2.75, 3.05) is 5.32 Å². The number of halogens is 1. The third kappa shape index (κ3) is 4.38. The summed E-state index contributed by atoms with van der Waals surface area (Å²) in [7, 11) is 0. The molecule has 1 N–H and O–H groups in total. The summed E-state index contributed by atoms with van der Waals surface area (Å²) < 4.78 is 23.9. The van der Waals surface area contributed by atoms with Gasteiger partial charge in [0, 0.05) is 11.3 Å². The smallest absolute Gasteiger partial charge is 0.338 e. The molecule has 27 heavy (non-hydrogen) atoms. The highest BCUT2D eigenvalue weighted by atomic mass is 19.1. The number of hydrogen-bond donors (Lipinski definition) is 1. The average Bonchev–Trinajstić information content (AvgIpc) is 3.19. The van der Waals surface area contributed by atoms with Crippen molar-refractivity contribution in [3.05, 3.63) is 72.0 Å². The summed E-state index contributed by atoms with van der Waals surface area (Å²) in [6.07, 6.45) is 1.83. The molecule has 1 atom stereocenters. The highest BCUT2D eigenvalue weighted by Crippen LogP contribution is 2.19. The van der Waals surface area contributed by atoms with E-state index >= 15 is 0 Å². The van der Waals surface area contributed by atoms with E-state index in [1.807, 2.05) is 0 Å². The molecule has 7 heteroatoms. The van der Waals surface area contributed by atoms with Crippen LogP contribution in [0, 0.1) is 12.7 Å². The van der Waals surface area contributed by atoms with Gasteiger partial charge in [0.25, 0.3) is 5.91 Å². The fourth-order valence-corrected chi connectivity index (χ4v) is 2.33. The van der Waals surface area contributed by atoms with Gasteiger partial charge >= 0.3 is 5.97 Å². The number of ether oxygens (including phenoxy) is 1. The van der Waals surface area contributed by atoms with Gasteiger partial charge in [-0.05, 0) is 43.7 Å². The normalized spacial score (nSPS) is 11.7. The molecule has 6 nitrogen and oxygen atoms in total. The van der Waals surface area contributed by atoms with Crippen LogP contribution < -0.4 is 5.32 Å². The number of amides is 1. The summed E-state index contributed by atoms with van der Waals surface area (Å²) in [5, 5.41) is 2.52. The first-order chi connectivity index (χ1) is 12.9. The van der Waals surface area contributed by atoms with Crippen molar-refractivity contribution < 1.29 is 23.1 Å². The van der Waals surface area contributed by atoms with Gasteiger partial charge in [-0.25, -0.2) is 14.2 Å². The van der Waals surface area contributed by atoms with Crippen LogP contribution in [-0.2, 0) is 9.53 Å². The van der Waals surface area contributed by atoms with Crippen LogP contribution >= 0.6 is 0 Å². The monoisotopic (exact) mass is 368 g/mol. The van der Waals surface area contributed by atoms with Crippen LogP contribution in [0.1, 0.15) is 22.8 Å². The fourth-order valence-electron chi connectivity index (χ4n) is 2.33. The highest BCUT2D eigenvalue weighted by molar-refractivity contribution is 5.97. The SMILES string of the molecule is Cc1ccc(NC(=O)C(C)OC(=O)c2ccc(-c3cnco3)cc2)cc1F. The Morgan fingerprint density at radius 3 is 2.56 bits per heavy atom. The average molecular weight is 368 g/mol. The molecule has 0 saturated carbocycles. The molecule has 0 bridgehead atoms. The first kappa shape index (κ1) is 18.3. The second kappa shape index (κ2) is 7.82. The number of carbonyl (C=O) groups excluding carboxylic acids is 2. The maximum atomic E-state index is 13.5. The number of esters is 1. The maximum absolute atomic E-state index is 13.5. The van der Waals surface area contributed by atoms with Crippen LogP contribution in [0.15, 0.2) is 59.5 Å². The van der Waals surface area contributed by atoms with E-state index in [0.29, 0.717) is 22.6 Å². The van der Waals surface area contributed by atoms with E-state index in [2.05, 4.69) is 10.3 Å². The number of anilines is 1. The van der Waals surface area contributed by atoms with E-state index in [0.717, 1.165) is 5.56 Å². The number of carbonyl (C=O) groups is 2. The Kier molecular flexibility index (Phi) is 5.30. The second-order valence-electron chi connectivity index (χ2n) is 5.94. The molecule has 0 aliphatic carbocycles. The van der Waals surface area contributed by atoms with Gasteiger partial charge in [-0.1, -0.05) is 18.2 Å². The summed E-state index contributed by atoms with van der Waals surface area (Å²) in [5.41, 5.74) is 1.82. The minimum atomic E-state index is -1.05. The number of benzene rings is 2. The molecule has 1 heterocycles. The molecular weight excluding hydrogens is 351 g/mol. The summed E-state index contributed by atoms with van der Waals surface area (Å²) in [6.45, 7) is 3.07. The number of hydrogen-bond acceptors (Lipinski definition) is 5. The topological polar surface area (TPSA) is 81.4 Å². The molecule has 138 valence electrons.